The highest BCUT2D eigenvalue weighted by molar-refractivity contribution is 5.66. The molecule has 19 heavy (non-hydrogen) atoms. The first-order valence-electron chi connectivity index (χ1n) is 6.78. The summed E-state index contributed by atoms with van der Waals surface area (Å²) < 4.78 is 5.54. The fraction of sp³-hybridized carbons (Fsp3) is 0.692. The highest BCUT2D eigenvalue weighted by Crippen LogP contribution is 2.28. The van der Waals surface area contributed by atoms with Crippen LogP contribution in [0.1, 0.15) is 39.5 Å². The summed E-state index contributed by atoms with van der Waals surface area (Å²) in [5, 5.41) is 12.8. The molecule has 0 saturated heterocycles. The third kappa shape index (κ3) is 3.70. The third-order valence-electron chi connectivity index (χ3n) is 3.23. The van der Waals surface area contributed by atoms with Crippen LogP contribution in [0.4, 0.5) is 11.5 Å². The van der Waals surface area contributed by atoms with Crippen LogP contribution < -0.4 is 15.8 Å². The van der Waals surface area contributed by atoms with E-state index in [9.17, 15) is 5.11 Å². The number of nitrogens with zero attached hydrogens (tertiary/aromatic N) is 2. The van der Waals surface area contributed by atoms with Crippen molar-refractivity contribution < 1.29 is 9.84 Å². The number of rotatable bonds is 4. The smallest absolute Gasteiger partial charge is 0.242 e. The van der Waals surface area contributed by atoms with Crippen molar-refractivity contribution in [1.29, 1.82) is 0 Å². The second kappa shape index (κ2) is 6.06. The predicted molar refractivity (Wildman–Crippen MR) is 74.1 cm³/mol. The Hall–Kier alpha value is -1.56. The topological polar surface area (TPSA) is 93.3 Å². The number of ether oxygens (including phenoxy) is 1. The Morgan fingerprint density at radius 1 is 1.32 bits per heavy atom. The standard InChI is InChI=1S/C13H22N4O2/c1-8(2)19-13-11(14)12(15-7-16-13)17-9-3-5-10(18)6-4-9/h7-10,18H,3-6,14H2,1-2H3,(H,15,16,17). The molecule has 0 aliphatic heterocycles. The van der Waals surface area contributed by atoms with Crippen molar-refractivity contribution in [3.05, 3.63) is 6.33 Å². The zero-order valence-electron chi connectivity index (χ0n) is 11.5. The first-order chi connectivity index (χ1) is 9.06. The van der Waals surface area contributed by atoms with Crippen molar-refractivity contribution in [3.63, 3.8) is 0 Å². The van der Waals surface area contributed by atoms with Crippen LogP contribution in [-0.2, 0) is 0 Å². The van der Waals surface area contributed by atoms with Gasteiger partial charge in [0.25, 0.3) is 0 Å². The molecule has 0 unspecified atom stereocenters. The SMILES string of the molecule is CC(C)Oc1ncnc(NC2CCC(O)CC2)c1N. The lowest BCUT2D eigenvalue weighted by Crippen LogP contribution is -2.29. The van der Waals surface area contributed by atoms with E-state index in [1.165, 1.54) is 6.33 Å². The molecule has 1 aromatic heterocycles. The Kier molecular flexibility index (Phi) is 4.42. The third-order valence-corrected chi connectivity index (χ3v) is 3.23. The maximum Gasteiger partial charge on any atom is 0.242 e. The molecule has 1 aliphatic carbocycles. The van der Waals surface area contributed by atoms with Crippen molar-refractivity contribution in [2.24, 2.45) is 0 Å². The number of aromatic nitrogens is 2. The van der Waals surface area contributed by atoms with Crippen LogP contribution >= 0.6 is 0 Å². The molecule has 106 valence electrons. The van der Waals surface area contributed by atoms with Gasteiger partial charge in [-0.15, -0.1) is 0 Å². The zero-order chi connectivity index (χ0) is 13.8. The van der Waals surface area contributed by atoms with Gasteiger partial charge in [-0.25, -0.2) is 4.98 Å². The molecule has 6 heteroatoms. The lowest BCUT2D eigenvalue weighted by atomic mass is 9.93. The van der Waals surface area contributed by atoms with Gasteiger partial charge < -0.3 is 20.9 Å². The van der Waals surface area contributed by atoms with Gasteiger partial charge in [-0.05, 0) is 39.5 Å². The highest BCUT2D eigenvalue weighted by Gasteiger charge is 2.21. The van der Waals surface area contributed by atoms with Crippen molar-refractivity contribution in [2.75, 3.05) is 11.1 Å². The second-order valence-electron chi connectivity index (χ2n) is 5.26. The molecule has 6 nitrogen and oxygen atoms in total. The van der Waals surface area contributed by atoms with Gasteiger partial charge >= 0.3 is 0 Å². The molecular formula is C13H22N4O2. The van der Waals surface area contributed by atoms with Gasteiger partial charge in [0.05, 0.1) is 12.2 Å². The minimum Gasteiger partial charge on any atom is -0.473 e. The number of aliphatic hydroxyl groups is 1. The summed E-state index contributed by atoms with van der Waals surface area (Å²) in [6, 6.07) is 0.299. The Labute approximate surface area is 113 Å². The van der Waals surface area contributed by atoms with Crippen LogP contribution in [0.5, 0.6) is 5.88 Å². The summed E-state index contributed by atoms with van der Waals surface area (Å²) in [6.45, 7) is 3.86. The van der Waals surface area contributed by atoms with Crippen LogP contribution in [0.2, 0.25) is 0 Å². The summed E-state index contributed by atoms with van der Waals surface area (Å²) >= 11 is 0. The van der Waals surface area contributed by atoms with E-state index in [4.69, 9.17) is 10.5 Å². The minimum absolute atomic E-state index is 0.0230. The zero-order valence-corrected chi connectivity index (χ0v) is 11.5. The fourth-order valence-electron chi connectivity index (χ4n) is 2.23. The lowest BCUT2D eigenvalue weighted by Gasteiger charge is -2.27. The monoisotopic (exact) mass is 266 g/mol. The van der Waals surface area contributed by atoms with E-state index in [0.717, 1.165) is 25.7 Å². The van der Waals surface area contributed by atoms with Gasteiger partial charge in [0, 0.05) is 6.04 Å². The Bertz CT molecular complexity index is 417. The average molecular weight is 266 g/mol. The largest absolute Gasteiger partial charge is 0.473 e. The Balaban J connectivity index is 2.04. The molecule has 1 heterocycles. The Morgan fingerprint density at radius 2 is 2.00 bits per heavy atom. The molecule has 0 atom stereocenters. The van der Waals surface area contributed by atoms with E-state index in [1.807, 2.05) is 13.8 Å². The molecule has 4 N–H and O–H groups in total. The number of hydrogen-bond donors (Lipinski definition) is 3. The van der Waals surface area contributed by atoms with Gasteiger partial charge in [0.1, 0.15) is 12.0 Å². The molecule has 1 saturated carbocycles. The molecule has 1 fully saturated rings. The van der Waals surface area contributed by atoms with Gasteiger partial charge in [-0.1, -0.05) is 0 Å². The fourth-order valence-corrected chi connectivity index (χ4v) is 2.23. The predicted octanol–water partition coefficient (Wildman–Crippen LogP) is 1.56. The van der Waals surface area contributed by atoms with Gasteiger partial charge in [-0.3, -0.25) is 0 Å². The normalized spacial score (nSPS) is 23.4. The number of aliphatic hydroxyl groups excluding tert-OH is 1. The van der Waals surface area contributed by atoms with Crippen molar-refractivity contribution >= 4 is 11.5 Å². The molecule has 2 rings (SSSR count). The number of nitrogens with two attached hydrogens (primary N) is 1. The van der Waals surface area contributed by atoms with E-state index in [0.29, 0.717) is 23.4 Å². The van der Waals surface area contributed by atoms with E-state index in [2.05, 4.69) is 15.3 Å². The van der Waals surface area contributed by atoms with E-state index in [1.54, 1.807) is 0 Å². The molecule has 0 amide bonds. The van der Waals surface area contributed by atoms with Crippen molar-refractivity contribution in [1.82, 2.24) is 9.97 Å². The summed E-state index contributed by atoms with van der Waals surface area (Å²) in [7, 11) is 0. The number of nitrogen functional groups attached to an aromatic ring is 1. The van der Waals surface area contributed by atoms with Gasteiger partial charge in [-0.2, -0.15) is 4.98 Å². The van der Waals surface area contributed by atoms with Crippen molar-refractivity contribution in [2.45, 2.75) is 57.8 Å². The van der Waals surface area contributed by atoms with E-state index < -0.39 is 0 Å². The van der Waals surface area contributed by atoms with E-state index in [-0.39, 0.29) is 12.2 Å². The summed E-state index contributed by atoms with van der Waals surface area (Å²) in [5.41, 5.74) is 6.46. The Morgan fingerprint density at radius 3 is 2.63 bits per heavy atom. The van der Waals surface area contributed by atoms with Crippen molar-refractivity contribution in [3.8, 4) is 5.88 Å². The molecule has 0 radical (unpaired) electrons. The van der Waals surface area contributed by atoms with Crippen LogP contribution in [0.15, 0.2) is 6.33 Å². The molecule has 1 aliphatic rings. The minimum atomic E-state index is -0.166. The average Bonchev–Trinajstić information content (AvgIpc) is 2.36. The number of nitrogens with one attached hydrogen (secondary N) is 1. The van der Waals surface area contributed by atoms with E-state index >= 15 is 0 Å². The molecule has 1 aromatic rings. The van der Waals surface area contributed by atoms with Gasteiger partial charge in [0.15, 0.2) is 5.82 Å². The molecular weight excluding hydrogens is 244 g/mol. The molecule has 0 spiro atoms. The van der Waals surface area contributed by atoms with Crippen LogP contribution in [-0.4, -0.2) is 33.3 Å². The lowest BCUT2D eigenvalue weighted by molar-refractivity contribution is 0.126. The number of hydrogen-bond acceptors (Lipinski definition) is 6. The first kappa shape index (κ1) is 13.9. The van der Waals surface area contributed by atoms with Gasteiger partial charge in [0.2, 0.25) is 5.88 Å². The first-order valence-corrected chi connectivity index (χ1v) is 6.78. The summed E-state index contributed by atoms with van der Waals surface area (Å²) in [5.74, 6) is 1.04. The van der Waals surface area contributed by atoms with Crippen LogP contribution in [0.3, 0.4) is 0 Å². The second-order valence-corrected chi connectivity index (χ2v) is 5.26. The van der Waals surface area contributed by atoms with Crippen LogP contribution in [0, 0.1) is 0 Å². The quantitative estimate of drug-likeness (QED) is 0.765. The highest BCUT2D eigenvalue weighted by atomic mass is 16.5. The summed E-state index contributed by atoms with van der Waals surface area (Å²) in [6.07, 6.45) is 4.79. The maximum absolute atomic E-state index is 9.49. The number of anilines is 2. The van der Waals surface area contributed by atoms with Crippen LogP contribution in [0.25, 0.3) is 0 Å². The summed E-state index contributed by atoms with van der Waals surface area (Å²) in [4.78, 5) is 8.22. The molecule has 0 bridgehead atoms. The maximum atomic E-state index is 9.49. The molecule has 0 aromatic carbocycles.